The third-order valence-electron chi connectivity index (χ3n) is 7.45. The summed E-state index contributed by atoms with van der Waals surface area (Å²) in [6.07, 6.45) is 7.69. The number of imidazole rings is 1. The summed E-state index contributed by atoms with van der Waals surface area (Å²) in [4.78, 5) is 29.9. The zero-order valence-electron chi connectivity index (χ0n) is 25.4. The standard InChI is InChI=1S/C34H35F2N3O5S/c1-34(2,3)31(45(4,43)44)19-30(33(41)42)38-32(40)28-14-5-22(18-29(28)24-8-12-27(36)13-9-24)17-25(20-39-16-15-37-21-39)23-6-10-26(35)11-7-23/h5-18,21,30-31H,19-20H2,1-4H3,(H,38,40)(H,41,42)/t30-,31?/m0/s1. The molecule has 0 aliphatic carbocycles. The van der Waals surface area contributed by atoms with Crippen molar-refractivity contribution in [3.05, 3.63) is 114 Å². The minimum absolute atomic E-state index is 0.120. The Kier molecular flexibility index (Phi) is 10.0. The molecule has 2 N–H and O–H groups in total. The number of rotatable bonds is 11. The highest BCUT2D eigenvalue weighted by Gasteiger charge is 2.38. The van der Waals surface area contributed by atoms with E-state index in [2.05, 4.69) is 10.3 Å². The van der Waals surface area contributed by atoms with E-state index in [1.54, 1.807) is 63.8 Å². The molecule has 2 atom stereocenters. The highest BCUT2D eigenvalue weighted by Crippen LogP contribution is 2.31. The Labute approximate surface area is 261 Å². The lowest BCUT2D eigenvalue weighted by molar-refractivity contribution is -0.139. The number of halogens is 2. The lowest BCUT2D eigenvalue weighted by Gasteiger charge is -2.31. The number of carbonyl (C=O) groups is 2. The van der Waals surface area contributed by atoms with Gasteiger partial charge in [-0.25, -0.2) is 27.0 Å². The monoisotopic (exact) mass is 635 g/mol. The highest BCUT2D eigenvalue weighted by atomic mass is 32.2. The Hall–Kier alpha value is -4.64. The summed E-state index contributed by atoms with van der Waals surface area (Å²) in [5.41, 5.74) is 2.50. The summed E-state index contributed by atoms with van der Waals surface area (Å²) >= 11 is 0. The smallest absolute Gasteiger partial charge is 0.326 e. The molecule has 0 bridgehead atoms. The first-order chi connectivity index (χ1) is 21.1. The van der Waals surface area contributed by atoms with Crippen LogP contribution in [0.5, 0.6) is 0 Å². The van der Waals surface area contributed by atoms with E-state index in [4.69, 9.17) is 0 Å². The number of aromatic nitrogens is 2. The number of sulfone groups is 1. The molecule has 0 radical (unpaired) electrons. The molecule has 1 aromatic heterocycles. The van der Waals surface area contributed by atoms with E-state index in [-0.39, 0.29) is 17.8 Å². The van der Waals surface area contributed by atoms with Crippen molar-refractivity contribution in [2.45, 2.75) is 45.0 Å². The van der Waals surface area contributed by atoms with E-state index in [9.17, 15) is 31.9 Å². The predicted octanol–water partition coefficient (Wildman–Crippen LogP) is 6.10. The Bertz CT molecular complexity index is 1800. The fourth-order valence-electron chi connectivity index (χ4n) is 5.22. The van der Waals surface area contributed by atoms with Gasteiger partial charge in [-0.15, -0.1) is 0 Å². The number of aliphatic carboxylic acids is 1. The molecule has 0 spiro atoms. The second-order valence-electron chi connectivity index (χ2n) is 12.0. The Morgan fingerprint density at radius 2 is 1.62 bits per heavy atom. The molecule has 1 unspecified atom stereocenters. The second-order valence-corrected chi connectivity index (χ2v) is 14.2. The minimum atomic E-state index is -3.65. The number of carbonyl (C=O) groups excluding carboxylic acids is 1. The van der Waals surface area contributed by atoms with E-state index in [0.29, 0.717) is 23.2 Å². The maximum absolute atomic E-state index is 13.8. The molecular formula is C34H35F2N3O5S. The first-order valence-corrected chi connectivity index (χ1v) is 16.1. The number of benzene rings is 3. The van der Waals surface area contributed by atoms with Crippen molar-refractivity contribution in [2.24, 2.45) is 5.41 Å². The Morgan fingerprint density at radius 1 is 1.00 bits per heavy atom. The molecule has 3 aromatic carbocycles. The molecule has 0 aliphatic rings. The number of hydrogen-bond donors (Lipinski definition) is 2. The van der Waals surface area contributed by atoms with Gasteiger partial charge in [0, 0.05) is 30.8 Å². The molecule has 0 saturated carbocycles. The molecule has 236 valence electrons. The van der Waals surface area contributed by atoms with E-state index in [1.165, 1.54) is 42.5 Å². The van der Waals surface area contributed by atoms with Crippen LogP contribution < -0.4 is 5.32 Å². The van der Waals surface area contributed by atoms with Crippen LogP contribution >= 0.6 is 0 Å². The van der Waals surface area contributed by atoms with Crippen LogP contribution in [-0.2, 0) is 21.2 Å². The van der Waals surface area contributed by atoms with Gasteiger partial charge in [-0.2, -0.15) is 0 Å². The van der Waals surface area contributed by atoms with Crippen LogP contribution in [0.4, 0.5) is 8.78 Å². The molecule has 4 rings (SSSR count). The minimum Gasteiger partial charge on any atom is -0.480 e. The maximum Gasteiger partial charge on any atom is 0.326 e. The summed E-state index contributed by atoms with van der Waals surface area (Å²) in [7, 11) is -3.65. The average molecular weight is 636 g/mol. The third-order valence-corrected chi connectivity index (χ3v) is 9.38. The number of hydrogen-bond acceptors (Lipinski definition) is 5. The van der Waals surface area contributed by atoms with Gasteiger partial charge in [0.2, 0.25) is 0 Å². The number of amides is 1. The van der Waals surface area contributed by atoms with E-state index in [1.807, 2.05) is 10.6 Å². The van der Waals surface area contributed by atoms with Gasteiger partial charge < -0.3 is 15.0 Å². The maximum atomic E-state index is 13.8. The van der Waals surface area contributed by atoms with Crippen molar-refractivity contribution in [1.29, 1.82) is 0 Å². The van der Waals surface area contributed by atoms with Gasteiger partial charge in [0.1, 0.15) is 17.7 Å². The lowest BCUT2D eigenvalue weighted by Crippen LogP contribution is -2.47. The van der Waals surface area contributed by atoms with Gasteiger partial charge in [-0.05, 0) is 82.1 Å². The van der Waals surface area contributed by atoms with Gasteiger partial charge in [0.15, 0.2) is 9.84 Å². The molecule has 0 aliphatic heterocycles. The van der Waals surface area contributed by atoms with Crippen molar-refractivity contribution < 1.29 is 31.9 Å². The number of carboxylic acids is 1. The molecule has 45 heavy (non-hydrogen) atoms. The fraction of sp³-hybridized carbons (Fsp3) is 0.265. The SMILES string of the molecule is CC(C)(C)C(C[C@H](NC(=O)c1ccc(C=C(Cn2ccnc2)c2ccc(F)cc2)cc1-c1ccc(F)cc1)C(=O)O)S(C)(=O)=O. The van der Waals surface area contributed by atoms with Gasteiger partial charge >= 0.3 is 5.97 Å². The summed E-state index contributed by atoms with van der Waals surface area (Å²) in [5, 5.41) is 11.4. The van der Waals surface area contributed by atoms with Crippen LogP contribution in [0.15, 0.2) is 85.5 Å². The van der Waals surface area contributed by atoms with Crippen LogP contribution in [0.25, 0.3) is 22.8 Å². The summed E-state index contributed by atoms with van der Waals surface area (Å²) in [6.45, 7) is 5.51. The zero-order valence-corrected chi connectivity index (χ0v) is 26.2. The topological polar surface area (TPSA) is 118 Å². The van der Waals surface area contributed by atoms with Crippen molar-refractivity contribution in [3.8, 4) is 11.1 Å². The summed E-state index contributed by atoms with van der Waals surface area (Å²) in [6, 6.07) is 15.0. The molecule has 8 nitrogen and oxygen atoms in total. The van der Waals surface area contributed by atoms with Crippen molar-refractivity contribution in [1.82, 2.24) is 14.9 Å². The number of nitrogens with one attached hydrogen (secondary N) is 1. The normalized spacial score (nSPS) is 13.7. The van der Waals surface area contributed by atoms with Crippen LogP contribution in [0, 0.1) is 17.0 Å². The van der Waals surface area contributed by atoms with Gasteiger partial charge in [0.25, 0.3) is 5.91 Å². The molecule has 1 heterocycles. The first-order valence-electron chi connectivity index (χ1n) is 14.2. The van der Waals surface area contributed by atoms with Crippen LogP contribution in [0.2, 0.25) is 0 Å². The summed E-state index contributed by atoms with van der Waals surface area (Å²) < 4.78 is 54.5. The number of nitrogens with zero attached hydrogens (tertiary/aromatic N) is 2. The van der Waals surface area contributed by atoms with E-state index in [0.717, 1.165) is 17.4 Å². The lowest BCUT2D eigenvalue weighted by atomic mass is 9.87. The molecule has 0 fully saturated rings. The molecule has 11 heteroatoms. The largest absolute Gasteiger partial charge is 0.480 e. The molecular weight excluding hydrogens is 600 g/mol. The quantitative estimate of drug-likeness (QED) is 0.192. The first kappa shape index (κ1) is 33.3. The van der Waals surface area contributed by atoms with Crippen LogP contribution in [0.1, 0.15) is 48.7 Å². The van der Waals surface area contributed by atoms with E-state index >= 15 is 0 Å². The second kappa shape index (κ2) is 13.6. The molecule has 0 saturated heterocycles. The molecule has 1 amide bonds. The van der Waals surface area contributed by atoms with Crippen molar-refractivity contribution in [2.75, 3.05) is 6.26 Å². The Balaban J connectivity index is 1.76. The van der Waals surface area contributed by atoms with Crippen LogP contribution in [-0.4, -0.2) is 52.5 Å². The fourth-order valence-corrected chi connectivity index (χ4v) is 7.05. The molecule has 4 aromatic rings. The number of carboxylic acid groups (broad SMARTS) is 1. The third kappa shape index (κ3) is 8.72. The van der Waals surface area contributed by atoms with Gasteiger partial charge in [-0.1, -0.05) is 51.1 Å². The van der Waals surface area contributed by atoms with Gasteiger partial charge in [-0.3, -0.25) is 4.79 Å². The van der Waals surface area contributed by atoms with Crippen molar-refractivity contribution >= 4 is 33.4 Å². The van der Waals surface area contributed by atoms with Crippen molar-refractivity contribution in [3.63, 3.8) is 0 Å². The zero-order chi connectivity index (χ0) is 32.9. The number of allylic oxidation sites excluding steroid dienone is 1. The van der Waals surface area contributed by atoms with Gasteiger partial charge in [0.05, 0.1) is 11.6 Å². The highest BCUT2D eigenvalue weighted by molar-refractivity contribution is 7.91. The summed E-state index contributed by atoms with van der Waals surface area (Å²) in [5.74, 6) is -2.94. The van der Waals surface area contributed by atoms with E-state index < -0.39 is 44.2 Å². The Morgan fingerprint density at radius 3 is 2.16 bits per heavy atom. The predicted molar refractivity (Wildman–Crippen MR) is 170 cm³/mol. The van der Waals surface area contributed by atoms with Crippen LogP contribution in [0.3, 0.4) is 0 Å². The average Bonchev–Trinajstić information content (AvgIpc) is 3.47.